The van der Waals surface area contributed by atoms with Gasteiger partial charge in [0, 0.05) is 16.3 Å². The third kappa shape index (κ3) is 1.10. The van der Waals surface area contributed by atoms with Gasteiger partial charge in [0.15, 0.2) is 6.29 Å². The van der Waals surface area contributed by atoms with Crippen LogP contribution in [-0.4, -0.2) is 6.29 Å². The van der Waals surface area contributed by atoms with Crippen molar-refractivity contribution in [3.63, 3.8) is 0 Å². The van der Waals surface area contributed by atoms with Gasteiger partial charge in [-0.1, -0.05) is 0 Å². The van der Waals surface area contributed by atoms with E-state index in [1.54, 1.807) is 5.38 Å². The summed E-state index contributed by atoms with van der Waals surface area (Å²) >= 11 is 1.21. The first-order valence-electron chi connectivity index (χ1n) is 3.83. The first kappa shape index (κ1) is 8.85. The molecule has 1 aromatic carbocycles. The zero-order valence-electron chi connectivity index (χ0n) is 6.95. The summed E-state index contributed by atoms with van der Waals surface area (Å²) in [6, 6.07) is 4.59. The highest BCUT2D eigenvalue weighted by atomic mass is 32.1. The van der Waals surface area contributed by atoms with Gasteiger partial charge < -0.3 is 0 Å². The predicted molar refractivity (Wildman–Crippen MR) is 51.9 cm³/mol. The molecule has 68 valence electrons. The molecule has 2 aromatic rings. The van der Waals surface area contributed by atoms with Gasteiger partial charge in [-0.2, -0.15) is 5.26 Å². The van der Waals surface area contributed by atoms with Crippen LogP contribution in [0, 0.1) is 17.1 Å². The minimum absolute atomic E-state index is 0.254. The Morgan fingerprint density at radius 3 is 2.93 bits per heavy atom. The summed E-state index contributed by atoms with van der Waals surface area (Å²) in [4.78, 5) is 10.6. The van der Waals surface area contributed by atoms with Crippen molar-refractivity contribution in [3.8, 4) is 6.07 Å². The van der Waals surface area contributed by atoms with Crippen LogP contribution in [0.4, 0.5) is 4.39 Å². The molecule has 0 aliphatic heterocycles. The summed E-state index contributed by atoms with van der Waals surface area (Å²) in [6.07, 6.45) is 0.600. The number of fused-ring (bicyclic) bond motifs is 1. The summed E-state index contributed by atoms with van der Waals surface area (Å²) in [7, 11) is 0. The van der Waals surface area contributed by atoms with Gasteiger partial charge in [-0.3, -0.25) is 4.79 Å². The van der Waals surface area contributed by atoms with Crippen LogP contribution in [0.3, 0.4) is 0 Å². The zero-order valence-corrected chi connectivity index (χ0v) is 7.77. The number of hydrogen-bond acceptors (Lipinski definition) is 3. The number of carbonyl (C=O) groups is 1. The first-order valence-corrected chi connectivity index (χ1v) is 4.71. The maximum Gasteiger partial charge on any atom is 0.151 e. The van der Waals surface area contributed by atoms with Crippen LogP contribution in [0.2, 0.25) is 0 Å². The SMILES string of the molecule is N#Cc1ccc(F)c2c(C=O)csc12. The molecule has 0 bridgehead atoms. The molecule has 0 N–H and O–H groups in total. The van der Waals surface area contributed by atoms with Crippen molar-refractivity contribution in [3.05, 3.63) is 34.5 Å². The lowest BCUT2D eigenvalue weighted by atomic mass is 10.1. The van der Waals surface area contributed by atoms with E-state index in [0.717, 1.165) is 0 Å². The van der Waals surface area contributed by atoms with E-state index in [-0.39, 0.29) is 5.39 Å². The number of halogens is 1. The molecule has 0 unspecified atom stereocenters. The topological polar surface area (TPSA) is 40.9 Å². The van der Waals surface area contributed by atoms with Crippen molar-refractivity contribution < 1.29 is 9.18 Å². The highest BCUT2D eigenvalue weighted by Gasteiger charge is 2.11. The molecule has 0 aliphatic carbocycles. The number of aldehydes is 1. The quantitative estimate of drug-likeness (QED) is 0.671. The Kier molecular flexibility index (Phi) is 2.02. The largest absolute Gasteiger partial charge is 0.298 e. The van der Waals surface area contributed by atoms with Crippen molar-refractivity contribution in [1.82, 2.24) is 0 Å². The molecule has 1 heterocycles. The van der Waals surface area contributed by atoms with E-state index >= 15 is 0 Å². The van der Waals surface area contributed by atoms with Gasteiger partial charge in [-0.15, -0.1) is 11.3 Å². The lowest BCUT2D eigenvalue weighted by Gasteiger charge is -1.95. The molecule has 2 nitrogen and oxygen atoms in total. The van der Waals surface area contributed by atoms with Crippen molar-refractivity contribution in [2.24, 2.45) is 0 Å². The van der Waals surface area contributed by atoms with Gasteiger partial charge in [0.2, 0.25) is 0 Å². The number of nitriles is 1. The van der Waals surface area contributed by atoms with Crippen LogP contribution in [0.25, 0.3) is 10.1 Å². The Hall–Kier alpha value is -1.73. The Morgan fingerprint density at radius 2 is 2.29 bits per heavy atom. The molecule has 0 fully saturated rings. The maximum absolute atomic E-state index is 13.3. The van der Waals surface area contributed by atoms with Gasteiger partial charge in [0.25, 0.3) is 0 Å². The number of thiophene rings is 1. The Morgan fingerprint density at radius 1 is 1.50 bits per heavy atom. The molecule has 0 spiro atoms. The predicted octanol–water partition coefficient (Wildman–Crippen LogP) is 2.72. The average molecular weight is 205 g/mol. The summed E-state index contributed by atoms with van der Waals surface area (Å²) in [5.41, 5.74) is 0.708. The van der Waals surface area contributed by atoms with E-state index < -0.39 is 5.82 Å². The average Bonchev–Trinajstić information content (AvgIpc) is 2.63. The van der Waals surface area contributed by atoms with E-state index in [0.29, 0.717) is 22.1 Å². The number of carbonyl (C=O) groups excluding carboxylic acids is 1. The van der Waals surface area contributed by atoms with Crippen LogP contribution >= 0.6 is 11.3 Å². The number of benzene rings is 1. The molecule has 1 aromatic heterocycles. The molecular weight excluding hydrogens is 201 g/mol. The standard InChI is InChI=1S/C10H4FNOS/c11-8-2-1-6(3-12)10-9(8)7(4-13)5-14-10/h1-2,4-5H. The van der Waals surface area contributed by atoms with Gasteiger partial charge in [0.05, 0.1) is 10.3 Å². The Labute approximate surface area is 83.2 Å². The molecule has 4 heteroatoms. The fourth-order valence-corrected chi connectivity index (χ4v) is 2.30. The van der Waals surface area contributed by atoms with Crippen LogP contribution < -0.4 is 0 Å². The summed E-state index contributed by atoms with van der Waals surface area (Å²) in [6.45, 7) is 0. The molecule has 14 heavy (non-hydrogen) atoms. The van der Waals surface area contributed by atoms with Gasteiger partial charge in [0.1, 0.15) is 11.9 Å². The summed E-state index contributed by atoms with van der Waals surface area (Å²) in [5.74, 6) is -0.456. The van der Waals surface area contributed by atoms with Crippen molar-refractivity contribution in [2.45, 2.75) is 0 Å². The highest BCUT2D eigenvalue weighted by molar-refractivity contribution is 7.17. The lowest BCUT2D eigenvalue weighted by molar-refractivity contribution is 0.112. The molecule has 2 rings (SSSR count). The van der Waals surface area contributed by atoms with Gasteiger partial charge in [-0.25, -0.2) is 4.39 Å². The Bertz CT molecular complexity index is 553. The maximum atomic E-state index is 13.3. The molecule has 0 saturated carbocycles. The second-order valence-corrected chi connectivity index (χ2v) is 3.60. The molecule has 0 radical (unpaired) electrons. The minimum atomic E-state index is -0.456. The lowest BCUT2D eigenvalue weighted by Crippen LogP contribution is -1.83. The molecule has 0 amide bonds. The van der Waals surface area contributed by atoms with E-state index in [1.165, 1.54) is 23.5 Å². The molecule has 0 aliphatic rings. The Balaban J connectivity index is 2.95. The smallest absolute Gasteiger partial charge is 0.151 e. The van der Waals surface area contributed by atoms with Crippen LogP contribution in [0.1, 0.15) is 15.9 Å². The monoisotopic (exact) mass is 205 g/mol. The van der Waals surface area contributed by atoms with Gasteiger partial charge >= 0.3 is 0 Å². The summed E-state index contributed by atoms with van der Waals surface area (Å²) in [5, 5.41) is 10.6. The van der Waals surface area contributed by atoms with E-state index in [9.17, 15) is 9.18 Å². The van der Waals surface area contributed by atoms with Crippen LogP contribution in [0.15, 0.2) is 17.5 Å². The molecule has 0 saturated heterocycles. The highest BCUT2D eigenvalue weighted by Crippen LogP contribution is 2.30. The normalized spacial score (nSPS) is 10.0. The second-order valence-electron chi connectivity index (χ2n) is 2.72. The van der Waals surface area contributed by atoms with Crippen LogP contribution in [-0.2, 0) is 0 Å². The molecular formula is C10H4FNOS. The van der Waals surface area contributed by atoms with Crippen molar-refractivity contribution >= 4 is 27.7 Å². The first-order chi connectivity index (χ1) is 6.77. The fourth-order valence-electron chi connectivity index (χ4n) is 1.31. The third-order valence-corrected chi connectivity index (χ3v) is 2.98. The van der Waals surface area contributed by atoms with E-state index in [4.69, 9.17) is 5.26 Å². The summed E-state index contributed by atoms with van der Waals surface area (Å²) < 4.78 is 13.9. The second kappa shape index (κ2) is 3.20. The molecule has 0 atom stereocenters. The van der Waals surface area contributed by atoms with Crippen molar-refractivity contribution in [1.29, 1.82) is 5.26 Å². The number of hydrogen-bond donors (Lipinski definition) is 0. The van der Waals surface area contributed by atoms with Crippen LogP contribution in [0.5, 0.6) is 0 Å². The zero-order chi connectivity index (χ0) is 10.1. The van der Waals surface area contributed by atoms with Gasteiger partial charge in [-0.05, 0) is 12.1 Å². The minimum Gasteiger partial charge on any atom is -0.298 e. The van der Waals surface area contributed by atoms with E-state index in [1.807, 2.05) is 6.07 Å². The fraction of sp³-hybridized carbons (Fsp3) is 0. The number of nitrogens with zero attached hydrogens (tertiary/aromatic N) is 1. The van der Waals surface area contributed by atoms with E-state index in [2.05, 4.69) is 0 Å². The van der Waals surface area contributed by atoms with Crippen molar-refractivity contribution in [2.75, 3.05) is 0 Å². The third-order valence-electron chi connectivity index (χ3n) is 1.95. The number of rotatable bonds is 1.